The number of carbonyl (C=O) groups excluding carboxylic acids is 2. The van der Waals surface area contributed by atoms with Crippen LogP contribution in [0.2, 0.25) is 0 Å². The zero-order valence-corrected chi connectivity index (χ0v) is 46.5. The molecule has 9 nitrogen and oxygen atoms in total. The Labute approximate surface area is 421 Å². The normalized spacial score (nSPS) is 14.0. The third kappa shape index (κ3) is 49.2. The fourth-order valence-corrected chi connectivity index (χ4v) is 9.06. The number of phosphoric acid groups is 1. The van der Waals surface area contributed by atoms with E-state index in [4.69, 9.17) is 13.8 Å². The van der Waals surface area contributed by atoms with Crippen LogP contribution in [0.5, 0.6) is 0 Å². The second kappa shape index (κ2) is 48.8. The van der Waals surface area contributed by atoms with Gasteiger partial charge in [0.25, 0.3) is 7.82 Å². The van der Waals surface area contributed by atoms with Gasteiger partial charge in [0.15, 0.2) is 0 Å². The molecule has 0 radical (unpaired) electrons. The molecule has 0 saturated carbocycles. The van der Waals surface area contributed by atoms with E-state index in [1.165, 1.54) is 180 Å². The van der Waals surface area contributed by atoms with E-state index >= 15 is 0 Å². The summed E-state index contributed by atoms with van der Waals surface area (Å²) in [6, 6.07) is -0.905. The summed E-state index contributed by atoms with van der Waals surface area (Å²) in [6.45, 7) is 6.82. The molecule has 1 N–H and O–H groups in total. The van der Waals surface area contributed by atoms with Crippen molar-refractivity contribution in [1.29, 1.82) is 0 Å². The maximum atomic E-state index is 13.5. The molecule has 0 aromatic carbocycles. The molecule has 0 aliphatic heterocycles. The molecular weight excluding hydrogens is 868 g/mol. The highest BCUT2D eigenvalue weighted by atomic mass is 31.2. The van der Waals surface area contributed by atoms with Gasteiger partial charge in [0, 0.05) is 12.8 Å². The zero-order chi connectivity index (χ0) is 50.1. The first-order valence-electron chi connectivity index (χ1n) is 28.8. The van der Waals surface area contributed by atoms with Crippen LogP contribution in [0.4, 0.5) is 0 Å². The highest BCUT2D eigenvalue weighted by Crippen LogP contribution is 2.38. The van der Waals surface area contributed by atoms with E-state index in [-0.39, 0.29) is 18.9 Å². The number of quaternary nitrogens is 1. The molecule has 0 rings (SSSR count). The van der Waals surface area contributed by atoms with Crippen molar-refractivity contribution in [3.05, 3.63) is 36.5 Å². The molecule has 0 heterocycles. The second-order valence-electron chi connectivity index (χ2n) is 20.8. The van der Waals surface area contributed by atoms with Crippen molar-refractivity contribution in [1.82, 2.24) is 5.32 Å². The number of carbonyl (C=O) groups is 2. The summed E-state index contributed by atoms with van der Waals surface area (Å²) in [4.78, 5) is 39.8. The van der Waals surface area contributed by atoms with Crippen LogP contribution in [0.25, 0.3) is 0 Å². The first-order chi connectivity index (χ1) is 32.9. The average Bonchev–Trinajstić information content (AvgIpc) is 3.29. The van der Waals surface area contributed by atoms with Crippen LogP contribution in [-0.2, 0) is 27.9 Å². The summed E-state index contributed by atoms with van der Waals surface area (Å²) in [5.41, 5.74) is 0. The number of hydrogen-bond donors (Lipinski definition) is 1. The summed E-state index contributed by atoms with van der Waals surface area (Å²) < 4.78 is 30.2. The van der Waals surface area contributed by atoms with E-state index in [9.17, 15) is 19.0 Å². The molecule has 0 spiro atoms. The first kappa shape index (κ1) is 66.2. The zero-order valence-electron chi connectivity index (χ0n) is 45.6. The van der Waals surface area contributed by atoms with Gasteiger partial charge in [-0.25, -0.2) is 0 Å². The van der Waals surface area contributed by atoms with Crippen molar-refractivity contribution in [2.75, 3.05) is 40.9 Å². The van der Waals surface area contributed by atoms with E-state index in [0.717, 1.165) is 51.4 Å². The number of unbranched alkanes of at least 4 members (excludes halogenated alkanes) is 32. The lowest BCUT2D eigenvalue weighted by Crippen LogP contribution is -2.47. The SMILES string of the molecule is CCCCCCCC/C=C\C/C=C/CCC(=O)OC(/C=C/CCCCCCCCCCCCC)C(COP(=O)([O-])OCC[N+](C)(C)C)NC(=O)CCCCCCCCCCCCCCCCCC. The molecule has 1 amide bonds. The third-order valence-electron chi connectivity index (χ3n) is 12.8. The van der Waals surface area contributed by atoms with Gasteiger partial charge in [-0.15, -0.1) is 0 Å². The molecule has 3 atom stereocenters. The number of nitrogens with one attached hydrogen (secondary N) is 1. The lowest BCUT2D eigenvalue weighted by Gasteiger charge is -2.30. The number of amides is 1. The van der Waals surface area contributed by atoms with Gasteiger partial charge in [-0.1, -0.05) is 244 Å². The van der Waals surface area contributed by atoms with Crippen LogP contribution < -0.4 is 10.2 Å². The maximum absolute atomic E-state index is 13.5. The smallest absolute Gasteiger partial charge is 0.306 e. The number of nitrogens with zero attached hydrogens (tertiary/aromatic N) is 1. The molecule has 0 aliphatic carbocycles. The highest BCUT2D eigenvalue weighted by molar-refractivity contribution is 7.45. The predicted molar refractivity (Wildman–Crippen MR) is 289 cm³/mol. The standard InChI is InChI=1S/C58H111N2O7P/c1-7-10-13-16-19-22-25-28-29-30-33-35-38-41-44-47-50-57(61)59-55(54-66-68(63,64)65-53-52-60(4,5)6)56(49-46-43-40-37-34-31-26-23-20-17-14-11-8-2)67-58(62)51-48-45-42-39-36-32-27-24-21-18-15-12-9-3/h32,36,42,45-46,49,55-56H,7-31,33-35,37-41,43-44,47-48,50-54H2,1-6H3,(H-,59,61,63,64)/b36-32-,45-42+,49-46+. The molecule has 68 heavy (non-hydrogen) atoms. The second-order valence-corrected chi connectivity index (χ2v) is 22.2. The van der Waals surface area contributed by atoms with Gasteiger partial charge in [0.2, 0.25) is 5.91 Å². The summed E-state index contributed by atoms with van der Waals surface area (Å²) in [5, 5.41) is 3.01. The van der Waals surface area contributed by atoms with Crippen molar-refractivity contribution in [3.8, 4) is 0 Å². The van der Waals surface area contributed by atoms with E-state index in [1.54, 1.807) is 0 Å². The molecule has 3 unspecified atom stereocenters. The topological polar surface area (TPSA) is 114 Å². The molecule has 0 aromatic heterocycles. The van der Waals surface area contributed by atoms with E-state index < -0.39 is 32.5 Å². The van der Waals surface area contributed by atoms with Gasteiger partial charge in [0.05, 0.1) is 33.8 Å². The molecule has 400 valence electrons. The molecule has 0 aliphatic rings. The van der Waals surface area contributed by atoms with E-state index in [2.05, 4.69) is 44.3 Å². The van der Waals surface area contributed by atoms with Crippen LogP contribution in [0.1, 0.15) is 271 Å². The molecule has 0 fully saturated rings. The predicted octanol–water partition coefficient (Wildman–Crippen LogP) is 16.5. The molecule has 10 heteroatoms. The van der Waals surface area contributed by atoms with Crippen LogP contribution in [0.3, 0.4) is 0 Å². The summed E-state index contributed by atoms with van der Waals surface area (Å²) in [5.74, 6) is -0.609. The fourth-order valence-electron chi connectivity index (χ4n) is 8.34. The van der Waals surface area contributed by atoms with Crippen LogP contribution >= 0.6 is 7.82 Å². The number of ether oxygens (including phenoxy) is 1. The molecule has 0 saturated heterocycles. The number of hydrogen-bond acceptors (Lipinski definition) is 7. The Hall–Kier alpha value is -1.77. The van der Waals surface area contributed by atoms with Crippen molar-refractivity contribution < 1.29 is 37.3 Å². The summed E-state index contributed by atoms with van der Waals surface area (Å²) in [7, 11) is 1.17. The van der Waals surface area contributed by atoms with Crippen LogP contribution in [0.15, 0.2) is 36.5 Å². The van der Waals surface area contributed by atoms with E-state index in [1.807, 2.05) is 39.4 Å². The van der Waals surface area contributed by atoms with Crippen LogP contribution in [0, 0.1) is 0 Å². The first-order valence-corrected chi connectivity index (χ1v) is 30.3. The lowest BCUT2D eigenvalue weighted by molar-refractivity contribution is -0.870. The van der Waals surface area contributed by atoms with Crippen molar-refractivity contribution in [2.24, 2.45) is 0 Å². The summed E-state index contributed by atoms with van der Waals surface area (Å²) in [6.07, 6.45) is 56.9. The Balaban J connectivity index is 5.41. The van der Waals surface area contributed by atoms with Gasteiger partial charge in [-0.05, 0) is 51.0 Å². The van der Waals surface area contributed by atoms with Gasteiger partial charge >= 0.3 is 5.97 Å². The van der Waals surface area contributed by atoms with E-state index in [0.29, 0.717) is 23.9 Å². The van der Waals surface area contributed by atoms with Crippen molar-refractivity contribution in [2.45, 2.75) is 283 Å². The number of likely N-dealkylation sites (N-methyl/N-ethyl adjacent to an activating group) is 1. The lowest BCUT2D eigenvalue weighted by atomic mass is 10.0. The average molecular weight is 980 g/mol. The highest BCUT2D eigenvalue weighted by Gasteiger charge is 2.27. The Kier molecular flexibility index (Phi) is 47.6. The number of phosphoric ester groups is 1. The van der Waals surface area contributed by atoms with Crippen molar-refractivity contribution in [3.63, 3.8) is 0 Å². The monoisotopic (exact) mass is 979 g/mol. The Morgan fingerprint density at radius 2 is 0.912 bits per heavy atom. The minimum absolute atomic E-state index is 0.0275. The largest absolute Gasteiger partial charge is 0.756 e. The Morgan fingerprint density at radius 3 is 1.35 bits per heavy atom. The fraction of sp³-hybridized carbons (Fsp3) is 0.862. The van der Waals surface area contributed by atoms with Gasteiger partial charge in [-0.2, -0.15) is 0 Å². The number of esters is 1. The number of allylic oxidation sites excluding steroid dienone is 5. The quantitative estimate of drug-likeness (QED) is 0.0212. The van der Waals surface area contributed by atoms with Crippen LogP contribution in [-0.4, -0.2) is 69.4 Å². The Bertz CT molecular complexity index is 1270. The third-order valence-corrected chi connectivity index (χ3v) is 13.8. The Morgan fingerprint density at radius 1 is 0.515 bits per heavy atom. The van der Waals surface area contributed by atoms with Gasteiger partial charge in [0.1, 0.15) is 19.3 Å². The minimum atomic E-state index is -4.70. The van der Waals surface area contributed by atoms with Gasteiger partial charge < -0.3 is 28.5 Å². The van der Waals surface area contributed by atoms with Crippen molar-refractivity contribution >= 4 is 19.7 Å². The maximum Gasteiger partial charge on any atom is 0.306 e. The summed E-state index contributed by atoms with van der Waals surface area (Å²) >= 11 is 0. The molecule has 0 bridgehead atoms. The molecular formula is C58H111N2O7P. The number of rotatable bonds is 52. The molecule has 0 aromatic rings. The van der Waals surface area contributed by atoms with Gasteiger partial charge in [-0.3, -0.25) is 14.2 Å². The minimum Gasteiger partial charge on any atom is -0.756 e.